The fourth-order valence-electron chi connectivity index (χ4n) is 2.16. The van der Waals surface area contributed by atoms with Crippen molar-refractivity contribution in [3.63, 3.8) is 0 Å². The van der Waals surface area contributed by atoms with E-state index in [4.69, 9.17) is 16.0 Å². The Morgan fingerprint density at radius 3 is 2.58 bits per heavy atom. The van der Waals surface area contributed by atoms with E-state index in [0.717, 1.165) is 5.56 Å². The lowest BCUT2D eigenvalue weighted by molar-refractivity contribution is 0.358. The van der Waals surface area contributed by atoms with Gasteiger partial charge >= 0.3 is 0 Å². The van der Waals surface area contributed by atoms with Gasteiger partial charge in [-0.3, -0.25) is 4.98 Å². The fraction of sp³-hybridized carbons (Fsp3) is 0.125. The van der Waals surface area contributed by atoms with Gasteiger partial charge in [0.1, 0.15) is 15.8 Å². The Balaban J connectivity index is 1.94. The van der Waals surface area contributed by atoms with Gasteiger partial charge in [-0.15, -0.1) is 0 Å². The van der Waals surface area contributed by atoms with Gasteiger partial charge in [0.05, 0.1) is 12.8 Å². The quantitative estimate of drug-likeness (QED) is 0.629. The minimum absolute atomic E-state index is 0.0716. The molecule has 0 saturated heterocycles. The first kappa shape index (κ1) is 16.6. The smallest absolute Gasteiger partial charge is 0.245 e. The van der Waals surface area contributed by atoms with Crippen molar-refractivity contribution in [3.8, 4) is 0 Å². The summed E-state index contributed by atoms with van der Waals surface area (Å²) >= 11 is 5.74. The second kappa shape index (κ2) is 7.12. The van der Waals surface area contributed by atoms with Crippen molar-refractivity contribution in [2.75, 3.05) is 0 Å². The highest BCUT2D eigenvalue weighted by molar-refractivity contribution is 7.89. The maximum atomic E-state index is 13.0. The van der Waals surface area contributed by atoms with E-state index in [1.54, 1.807) is 30.6 Å². The van der Waals surface area contributed by atoms with E-state index in [1.165, 1.54) is 28.9 Å². The second-order valence-corrected chi connectivity index (χ2v) is 7.36. The van der Waals surface area contributed by atoms with E-state index in [0.29, 0.717) is 5.76 Å². The van der Waals surface area contributed by atoms with Crippen LogP contribution in [0.4, 0.5) is 0 Å². The third-order valence-electron chi connectivity index (χ3n) is 3.33. The first-order valence-electron chi connectivity index (χ1n) is 7.09. The molecule has 3 aromatic heterocycles. The van der Waals surface area contributed by atoms with E-state index in [1.807, 2.05) is 6.07 Å². The van der Waals surface area contributed by atoms with Crippen molar-refractivity contribution >= 4 is 21.6 Å². The van der Waals surface area contributed by atoms with Crippen molar-refractivity contribution in [1.82, 2.24) is 14.3 Å². The molecular formula is C16H14ClN3O3S. The fourth-order valence-corrected chi connectivity index (χ4v) is 3.61. The van der Waals surface area contributed by atoms with Gasteiger partial charge in [0.25, 0.3) is 0 Å². The number of hydrogen-bond acceptors (Lipinski definition) is 5. The normalized spacial score (nSPS) is 11.8. The molecule has 0 saturated carbocycles. The lowest BCUT2D eigenvalue weighted by Crippen LogP contribution is -2.30. The molecule has 3 rings (SSSR count). The molecule has 0 unspecified atom stereocenters. The highest BCUT2D eigenvalue weighted by atomic mass is 35.5. The summed E-state index contributed by atoms with van der Waals surface area (Å²) in [6.07, 6.45) is 6.02. The number of nitrogens with zero attached hydrogens (tertiary/aromatic N) is 3. The number of pyridine rings is 2. The van der Waals surface area contributed by atoms with Gasteiger partial charge in [0, 0.05) is 25.1 Å². The number of halogens is 1. The first-order chi connectivity index (χ1) is 11.6. The predicted octanol–water partition coefficient (Wildman–Crippen LogP) is 3.11. The summed E-state index contributed by atoms with van der Waals surface area (Å²) in [7, 11) is -3.77. The van der Waals surface area contributed by atoms with Crippen molar-refractivity contribution < 1.29 is 12.8 Å². The molecule has 0 aliphatic carbocycles. The van der Waals surface area contributed by atoms with Crippen LogP contribution < -0.4 is 0 Å². The largest absolute Gasteiger partial charge is 0.468 e. The Morgan fingerprint density at radius 2 is 1.96 bits per heavy atom. The summed E-state index contributed by atoms with van der Waals surface area (Å²) in [5, 5.41) is 0.235. The molecule has 0 bridgehead atoms. The topological polar surface area (TPSA) is 76.3 Å². The molecule has 0 N–H and O–H groups in total. The zero-order valence-corrected chi connectivity index (χ0v) is 14.1. The highest BCUT2D eigenvalue weighted by Gasteiger charge is 2.26. The zero-order chi connectivity index (χ0) is 17.0. The molecule has 0 spiro atoms. The molecule has 3 aromatic rings. The molecule has 3 heterocycles. The molecule has 0 radical (unpaired) electrons. The van der Waals surface area contributed by atoms with Crippen molar-refractivity contribution in [3.05, 3.63) is 77.7 Å². The summed E-state index contributed by atoms with van der Waals surface area (Å²) in [6.45, 7) is 0.270. The van der Waals surface area contributed by atoms with Gasteiger partial charge in [0.2, 0.25) is 10.0 Å². The van der Waals surface area contributed by atoms with Crippen LogP contribution in [0.15, 0.2) is 70.6 Å². The van der Waals surface area contributed by atoms with Crippen LogP contribution in [0.2, 0.25) is 5.15 Å². The minimum atomic E-state index is -3.77. The summed E-state index contributed by atoms with van der Waals surface area (Å²) in [5.74, 6) is 0.546. The van der Waals surface area contributed by atoms with Gasteiger partial charge in [-0.2, -0.15) is 4.31 Å². The van der Waals surface area contributed by atoms with Gasteiger partial charge in [-0.1, -0.05) is 17.7 Å². The predicted molar refractivity (Wildman–Crippen MR) is 88.6 cm³/mol. The standard InChI is InChI=1S/C16H14ClN3O3S/c17-16-6-5-15(10-19-16)24(21,22)20(12-14-4-2-8-23-14)11-13-3-1-7-18-9-13/h1-10H,11-12H2. The minimum Gasteiger partial charge on any atom is -0.468 e. The average Bonchev–Trinajstić information content (AvgIpc) is 3.09. The molecule has 6 nitrogen and oxygen atoms in total. The van der Waals surface area contributed by atoms with Crippen molar-refractivity contribution in [2.45, 2.75) is 18.0 Å². The number of hydrogen-bond donors (Lipinski definition) is 0. The van der Waals surface area contributed by atoms with Crippen LogP contribution in [0, 0.1) is 0 Å². The maximum absolute atomic E-state index is 13.0. The van der Waals surface area contributed by atoms with Crippen molar-refractivity contribution in [2.24, 2.45) is 0 Å². The van der Waals surface area contributed by atoms with E-state index >= 15 is 0 Å². The van der Waals surface area contributed by atoms with E-state index in [2.05, 4.69) is 9.97 Å². The average molecular weight is 364 g/mol. The Bertz CT molecular complexity index is 882. The first-order valence-corrected chi connectivity index (χ1v) is 8.90. The van der Waals surface area contributed by atoms with Gasteiger partial charge in [-0.25, -0.2) is 13.4 Å². The number of aromatic nitrogens is 2. The molecule has 0 aromatic carbocycles. The molecule has 0 amide bonds. The van der Waals surface area contributed by atoms with Crippen LogP contribution in [-0.4, -0.2) is 22.7 Å². The molecule has 0 aliphatic heterocycles. The second-order valence-electron chi connectivity index (χ2n) is 5.03. The lowest BCUT2D eigenvalue weighted by Gasteiger charge is -2.21. The van der Waals surface area contributed by atoms with Crippen LogP contribution in [0.1, 0.15) is 11.3 Å². The Hall–Kier alpha value is -2.22. The molecule has 0 fully saturated rings. The van der Waals surface area contributed by atoms with Gasteiger partial charge in [0.15, 0.2) is 0 Å². The van der Waals surface area contributed by atoms with E-state index in [9.17, 15) is 8.42 Å². The number of rotatable bonds is 6. The Labute approximate surface area is 144 Å². The summed E-state index contributed by atoms with van der Waals surface area (Å²) in [6, 6.07) is 9.90. The van der Waals surface area contributed by atoms with E-state index in [-0.39, 0.29) is 23.1 Å². The van der Waals surface area contributed by atoms with E-state index < -0.39 is 10.0 Å². The number of sulfonamides is 1. The number of furan rings is 1. The lowest BCUT2D eigenvalue weighted by atomic mass is 10.3. The van der Waals surface area contributed by atoms with Crippen molar-refractivity contribution in [1.29, 1.82) is 0 Å². The van der Waals surface area contributed by atoms with Gasteiger partial charge in [-0.05, 0) is 35.9 Å². The zero-order valence-electron chi connectivity index (χ0n) is 12.5. The molecule has 0 aliphatic rings. The Kier molecular flexibility index (Phi) is 4.94. The van der Waals surface area contributed by atoms with Crippen LogP contribution in [-0.2, 0) is 23.1 Å². The molecule has 24 heavy (non-hydrogen) atoms. The van der Waals surface area contributed by atoms with Crippen LogP contribution in [0.25, 0.3) is 0 Å². The van der Waals surface area contributed by atoms with Crippen LogP contribution >= 0.6 is 11.6 Å². The SMILES string of the molecule is O=S(=O)(c1ccc(Cl)nc1)N(Cc1cccnc1)Cc1ccco1. The molecule has 8 heteroatoms. The van der Waals surface area contributed by atoms with Crippen LogP contribution in [0.5, 0.6) is 0 Å². The van der Waals surface area contributed by atoms with Crippen LogP contribution in [0.3, 0.4) is 0 Å². The summed E-state index contributed by atoms with van der Waals surface area (Å²) in [5.41, 5.74) is 0.773. The summed E-state index contributed by atoms with van der Waals surface area (Å²) < 4.78 is 32.5. The van der Waals surface area contributed by atoms with Gasteiger partial charge < -0.3 is 4.42 Å². The third-order valence-corrected chi connectivity index (χ3v) is 5.33. The molecule has 124 valence electrons. The molecular weight excluding hydrogens is 350 g/mol. The summed E-state index contributed by atoms with van der Waals surface area (Å²) in [4.78, 5) is 7.95. The monoisotopic (exact) mass is 363 g/mol. The molecule has 0 atom stereocenters. The third kappa shape index (κ3) is 3.81. The highest BCUT2D eigenvalue weighted by Crippen LogP contribution is 2.21. The maximum Gasteiger partial charge on any atom is 0.245 e. The Morgan fingerprint density at radius 1 is 1.08 bits per heavy atom.